The Kier molecular flexibility index (Phi) is 3.45. The second kappa shape index (κ2) is 5.27. The first-order chi connectivity index (χ1) is 10.1. The third-order valence-electron chi connectivity index (χ3n) is 4.05. The van der Waals surface area contributed by atoms with E-state index in [2.05, 4.69) is 34.6 Å². The van der Waals surface area contributed by atoms with E-state index in [1.165, 1.54) is 0 Å². The molecule has 0 fully saturated rings. The number of nitrogens with one attached hydrogen (secondary N) is 1. The van der Waals surface area contributed by atoms with E-state index in [1.807, 2.05) is 37.0 Å². The summed E-state index contributed by atoms with van der Waals surface area (Å²) in [6.45, 7) is 4.07. The summed E-state index contributed by atoms with van der Waals surface area (Å²) < 4.78 is 1.89. The second-order valence-corrected chi connectivity index (χ2v) is 5.25. The van der Waals surface area contributed by atoms with E-state index >= 15 is 0 Å². The van der Waals surface area contributed by atoms with Crippen LogP contribution in [-0.4, -0.2) is 14.8 Å². The van der Waals surface area contributed by atoms with E-state index in [0.29, 0.717) is 0 Å². The van der Waals surface area contributed by atoms with E-state index in [-0.39, 0.29) is 6.04 Å². The molecular weight excluding hydrogens is 262 g/mol. The molecule has 3 N–H and O–H groups in total. The Morgan fingerprint density at radius 2 is 2.05 bits per heavy atom. The molecule has 0 radical (unpaired) electrons. The number of nitrogens with two attached hydrogens (primary N) is 1. The molecular formula is C16H19N5. The van der Waals surface area contributed by atoms with Gasteiger partial charge in [-0.25, -0.2) is 5.43 Å². The van der Waals surface area contributed by atoms with Crippen LogP contribution in [0.25, 0.3) is 10.8 Å². The Bertz CT molecular complexity index is 785. The fraction of sp³-hybridized carbons (Fsp3) is 0.250. The molecule has 0 amide bonds. The van der Waals surface area contributed by atoms with Crippen molar-refractivity contribution in [3.63, 3.8) is 0 Å². The average molecular weight is 281 g/mol. The Morgan fingerprint density at radius 3 is 2.71 bits per heavy atom. The fourth-order valence-electron chi connectivity index (χ4n) is 2.93. The molecule has 0 spiro atoms. The highest BCUT2D eigenvalue weighted by atomic mass is 15.3. The number of fused-ring (bicyclic) bond motifs is 1. The number of aromatic nitrogens is 3. The Labute approximate surface area is 123 Å². The molecule has 0 aliphatic rings. The Hall–Kier alpha value is -2.24. The monoisotopic (exact) mass is 281 g/mol. The summed E-state index contributed by atoms with van der Waals surface area (Å²) in [7, 11) is 1.95. The van der Waals surface area contributed by atoms with Gasteiger partial charge in [-0.05, 0) is 30.9 Å². The van der Waals surface area contributed by atoms with Crippen LogP contribution in [0.2, 0.25) is 0 Å². The predicted octanol–water partition coefficient (Wildman–Crippen LogP) is 2.14. The van der Waals surface area contributed by atoms with Gasteiger partial charge in [-0.15, -0.1) is 0 Å². The zero-order chi connectivity index (χ0) is 15.0. The van der Waals surface area contributed by atoms with Crippen LogP contribution in [-0.2, 0) is 7.05 Å². The van der Waals surface area contributed by atoms with Gasteiger partial charge >= 0.3 is 0 Å². The molecule has 0 saturated carbocycles. The van der Waals surface area contributed by atoms with Crippen molar-refractivity contribution in [2.75, 3.05) is 0 Å². The van der Waals surface area contributed by atoms with Gasteiger partial charge in [0.05, 0.1) is 11.7 Å². The quantitative estimate of drug-likeness (QED) is 0.570. The third kappa shape index (κ3) is 2.20. The molecule has 0 saturated heterocycles. The van der Waals surface area contributed by atoms with Crippen molar-refractivity contribution in [3.05, 3.63) is 59.2 Å². The van der Waals surface area contributed by atoms with Crippen molar-refractivity contribution in [3.8, 4) is 0 Å². The predicted molar refractivity (Wildman–Crippen MR) is 83.6 cm³/mol. The molecule has 3 aromatic rings. The van der Waals surface area contributed by atoms with E-state index in [1.54, 1.807) is 6.20 Å². The van der Waals surface area contributed by atoms with Crippen LogP contribution >= 0.6 is 0 Å². The van der Waals surface area contributed by atoms with Gasteiger partial charge in [0, 0.05) is 36.1 Å². The lowest BCUT2D eigenvalue weighted by molar-refractivity contribution is 0.632. The minimum absolute atomic E-state index is 0.105. The van der Waals surface area contributed by atoms with Crippen LogP contribution in [0, 0.1) is 13.8 Å². The van der Waals surface area contributed by atoms with Crippen molar-refractivity contribution < 1.29 is 0 Å². The molecule has 5 heteroatoms. The lowest BCUT2D eigenvalue weighted by Crippen LogP contribution is -2.29. The molecule has 1 unspecified atom stereocenters. The van der Waals surface area contributed by atoms with Crippen LogP contribution in [0.5, 0.6) is 0 Å². The summed E-state index contributed by atoms with van der Waals surface area (Å²) in [6, 6.07) is 8.11. The molecule has 2 heterocycles. The number of pyridine rings is 1. The topological polar surface area (TPSA) is 68.8 Å². The zero-order valence-corrected chi connectivity index (χ0v) is 12.5. The molecule has 0 bridgehead atoms. The van der Waals surface area contributed by atoms with Crippen LogP contribution in [0.3, 0.4) is 0 Å². The summed E-state index contributed by atoms with van der Waals surface area (Å²) in [6.07, 6.45) is 3.69. The number of aryl methyl sites for hydroxylation is 2. The maximum Gasteiger partial charge on any atom is 0.0752 e. The zero-order valence-electron chi connectivity index (χ0n) is 12.5. The molecule has 2 aromatic heterocycles. The maximum absolute atomic E-state index is 5.87. The largest absolute Gasteiger partial charge is 0.272 e. The van der Waals surface area contributed by atoms with Gasteiger partial charge in [0.2, 0.25) is 0 Å². The summed E-state index contributed by atoms with van der Waals surface area (Å²) in [4.78, 5) is 4.24. The standard InChI is InChI=1S/C16H19N5/c1-10-15(11(2)21(3)20-10)16(19-17)13-6-4-5-12-7-8-18-9-14(12)13/h4-9,16,19H,17H2,1-3H3. The van der Waals surface area contributed by atoms with Gasteiger partial charge < -0.3 is 0 Å². The van der Waals surface area contributed by atoms with Crippen LogP contribution in [0.4, 0.5) is 0 Å². The summed E-state index contributed by atoms with van der Waals surface area (Å²) >= 11 is 0. The van der Waals surface area contributed by atoms with Gasteiger partial charge in [-0.2, -0.15) is 5.10 Å². The molecule has 0 aliphatic carbocycles. The molecule has 0 aliphatic heterocycles. The van der Waals surface area contributed by atoms with Crippen molar-refractivity contribution in [2.24, 2.45) is 12.9 Å². The Balaban J connectivity index is 2.23. The first kappa shape index (κ1) is 13.7. The minimum Gasteiger partial charge on any atom is -0.272 e. The number of hydrazine groups is 1. The highest BCUT2D eigenvalue weighted by molar-refractivity contribution is 5.85. The van der Waals surface area contributed by atoms with E-state index < -0.39 is 0 Å². The summed E-state index contributed by atoms with van der Waals surface area (Å²) in [5.74, 6) is 5.87. The van der Waals surface area contributed by atoms with E-state index in [9.17, 15) is 0 Å². The SMILES string of the molecule is Cc1nn(C)c(C)c1C(NN)c1cccc2ccncc12. The molecule has 5 nitrogen and oxygen atoms in total. The Morgan fingerprint density at radius 1 is 1.24 bits per heavy atom. The van der Waals surface area contributed by atoms with Crippen LogP contribution in [0.1, 0.15) is 28.6 Å². The maximum atomic E-state index is 5.87. The number of rotatable bonds is 3. The number of hydrogen-bond acceptors (Lipinski definition) is 4. The van der Waals surface area contributed by atoms with E-state index in [0.717, 1.165) is 33.3 Å². The molecule has 1 aromatic carbocycles. The molecule has 21 heavy (non-hydrogen) atoms. The van der Waals surface area contributed by atoms with Crippen molar-refractivity contribution in [1.29, 1.82) is 0 Å². The first-order valence-electron chi connectivity index (χ1n) is 6.92. The number of benzene rings is 1. The van der Waals surface area contributed by atoms with Crippen LogP contribution in [0.15, 0.2) is 36.7 Å². The van der Waals surface area contributed by atoms with E-state index in [4.69, 9.17) is 5.84 Å². The van der Waals surface area contributed by atoms with Gasteiger partial charge in [0.25, 0.3) is 0 Å². The number of nitrogens with zero attached hydrogens (tertiary/aromatic N) is 3. The van der Waals surface area contributed by atoms with Gasteiger partial charge in [0.1, 0.15) is 0 Å². The summed E-state index contributed by atoms with van der Waals surface area (Å²) in [5.41, 5.74) is 7.27. The highest BCUT2D eigenvalue weighted by Gasteiger charge is 2.22. The second-order valence-electron chi connectivity index (χ2n) is 5.25. The first-order valence-corrected chi connectivity index (χ1v) is 6.92. The smallest absolute Gasteiger partial charge is 0.0752 e. The van der Waals surface area contributed by atoms with Crippen LogP contribution < -0.4 is 11.3 Å². The lowest BCUT2D eigenvalue weighted by Gasteiger charge is -2.19. The minimum atomic E-state index is -0.105. The molecule has 3 rings (SSSR count). The van der Waals surface area contributed by atoms with Gasteiger partial charge in [-0.1, -0.05) is 18.2 Å². The normalized spacial score (nSPS) is 12.8. The number of hydrogen-bond donors (Lipinski definition) is 2. The molecule has 108 valence electrons. The third-order valence-corrected chi connectivity index (χ3v) is 4.05. The van der Waals surface area contributed by atoms with Gasteiger partial charge in [0.15, 0.2) is 0 Å². The molecule has 1 atom stereocenters. The van der Waals surface area contributed by atoms with Crippen molar-refractivity contribution in [2.45, 2.75) is 19.9 Å². The van der Waals surface area contributed by atoms with Crippen molar-refractivity contribution >= 4 is 10.8 Å². The average Bonchev–Trinajstić information content (AvgIpc) is 2.75. The summed E-state index contributed by atoms with van der Waals surface area (Å²) in [5, 5.41) is 6.75. The van der Waals surface area contributed by atoms with Crippen molar-refractivity contribution in [1.82, 2.24) is 20.2 Å². The highest BCUT2D eigenvalue weighted by Crippen LogP contribution is 2.31. The van der Waals surface area contributed by atoms with Gasteiger partial charge in [-0.3, -0.25) is 15.5 Å². The lowest BCUT2D eigenvalue weighted by atomic mass is 9.94. The fourth-order valence-corrected chi connectivity index (χ4v) is 2.93.